The highest BCUT2D eigenvalue weighted by Crippen LogP contribution is 2.33. The summed E-state index contributed by atoms with van der Waals surface area (Å²) in [7, 11) is 0. The highest BCUT2D eigenvalue weighted by atomic mass is 16.5. The second-order valence-corrected chi connectivity index (χ2v) is 7.91. The molecule has 1 N–H and O–H groups in total. The van der Waals surface area contributed by atoms with E-state index in [4.69, 9.17) is 9.47 Å². The number of benzene rings is 1. The summed E-state index contributed by atoms with van der Waals surface area (Å²) in [4.78, 5) is 4.10. The van der Waals surface area contributed by atoms with Crippen molar-refractivity contribution in [2.75, 3.05) is 13.2 Å². The molecule has 5 rings (SSSR count). The predicted octanol–water partition coefficient (Wildman–Crippen LogP) is 1.77. The number of aryl methyl sites for hydroxylation is 1. The lowest BCUT2D eigenvalue weighted by Crippen LogP contribution is -2.38. The van der Waals surface area contributed by atoms with Crippen LogP contribution in [0, 0.1) is 0 Å². The van der Waals surface area contributed by atoms with Crippen molar-refractivity contribution in [3.63, 3.8) is 0 Å². The zero-order valence-electron chi connectivity index (χ0n) is 16.9. The number of nitrogens with one attached hydrogen (secondary N) is 1. The third kappa shape index (κ3) is 4.22. The van der Waals surface area contributed by atoms with Gasteiger partial charge in [-0.15, -0.1) is 5.10 Å². The van der Waals surface area contributed by atoms with E-state index in [-0.39, 0.29) is 18.2 Å². The molecule has 0 amide bonds. The Kier molecular flexibility index (Phi) is 5.71. The van der Waals surface area contributed by atoms with Gasteiger partial charge < -0.3 is 19.4 Å². The van der Waals surface area contributed by atoms with Gasteiger partial charge in [0.15, 0.2) is 5.82 Å². The topological polar surface area (TPSA) is 91.9 Å². The molecular formula is C21H27N7O2. The fourth-order valence-corrected chi connectivity index (χ4v) is 4.27. The molecule has 3 aromatic rings. The minimum atomic E-state index is -0.100. The van der Waals surface area contributed by atoms with Crippen molar-refractivity contribution in [2.24, 2.45) is 0 Å². The van der Waals surface area contributed by atoms with Gasteiger partial charge in [0.25, 0.3) is 0 Å². The number of hydrogen-bond donors (Lipinski definition) is 1. The average molecular weight is 409 g/mol. The second kappa shape index (κ2) is 8.93. The van der Waals surface area contributed by atoms with E-state index in [2.05, 4.69) is 42.5 Å². The van der Waals surface area contributed by atoms with E-state index in [0.717, 1.165) is 57.0 Å². The summed E-state index contributed by atoms with van der Waals surface area (Å²) in [6.45, 7) is 3.23. The first-order chi connectivity index (χ1) is 14.9. The standard InChI is InChI=1S/C21H27N7O2/c1-2-7-18-16(5-1)13-19(30-18)20(23-8-4-10-27-11-9-22-15-27)21-24-25-26-28(21)14-17-6-3-12-29-17/h1-2,5,7,9,11,15,17,19-20,23H,3-4,6,8,10,12-14H2/t17-,19?,20?/m1/s1. The van der Waals surface area contributed by atoms with Crippen molar-refractivity contribution in [1.82, 2.24) is 35.1 Å². The van der Waals surface area contributed by atoms with E-state index < -0.39 is 0 Å². The number of aromatic nitrogens is 6. The van der Waals surface area contributed by atoms with Crippen molar-refractivity contribution >= 4 is 0 Å². The van der Waals surface area contributed by atoms with Crippen LogP contribution in [0.2, 0.25) is 0 Å². The van der Waals surface area contributed by atoms with Gasteiger partial charge in [-0.25, -0.2) is 9.67 Å². The summed E-state index contributed by atoms with van der Waals surface area (Å²) in [5.74, 6) is 1.76. The van der Waals surface area contributed by atoms with Crippen LogP contribution in [-0.4, -0.2) is 55.1 Å². The molecule has 3 atom stereocenters. The lowest BCUT2D eigenvalue weighted by Gasteiger charge is -2.24. The molecule has 0 spiro atoms. The normalized spacial score (nSPS) is 21.5. The number of imidazole rings is 1. The first kappa shape index (κ1) is 19.2. The third-order valence-corrected chi connectivity index (χ3v) is 5.80. The van der Waals surface area contributed by atoms with E-state index in [1.54, 1.807) is 6.20 Å². The molecule has 1 saturated heterocycles. The molecule has 2 unspecified atom stereocenters. The molecule has 4 heterocycles. The summed E-state index contributed by atoms with van der Waals surface area (Å²) in [6.07, 6.45) is 9.71. The number of hydrogen-bond acceptors (Lipinski definition) is 7. The number of rotatable bonds is 9. The number of para-hydroxylation sites is 1. The molecule has 1 aromatic carbocycles. The monoisotopic (exact) mass is 409 g/mol. The van der Waals surface area contributed by atoms with Gasteiger partial charge in [-0.05, 0) is 47.9 Å². The van der Waals surface area contributed by atoms with Gasteiger partial charge in [-0.3, -0.25) is 0 Å². The van der Waals surface area contributed by atoms with E-state index in [9.17, 15) is 0 Å². The Hall–Kier alpha value is -2.78. The largest absolute Gasteiger partial charge is 0.488 e. The summed E-state index contributed by atoms with van der Waals surface area (Å²) in [5, 5.41) is 16.3. The molecule has 0 saturated carbocycles. The lowest BCUT2D eigenvalue weighted by molar-refractivity contribution is 0.0902. The maximum Gasteiger partial charge on any atom is 0.172 e. The van der Waals surface area contributed by atoms with Crippen LogP contribution in [0.4, 0.5) is 0 Å². The van der Waals surface area contributed by atoms with Crippen molar-refractivity contribution in [1.29, 1.82) is 0 Å². The first-order valence-corrected chi connectivity index (χ1v) is 10.7. The van der Waals surface area contributed by atoms with Crippen LogP contribution >= 0.6 is 0 Å². The van der Waals surface area contributed by atoms with Gasteiger partial charge in [0.05, 0.1) is 19.0 Å². The Labute approximate surface area is 175 Å². The molecule has 9 heteroatoms. The lowest BCUT2D eigenvalue weighted by atomic mass is 10.0. The van der Waals surface area contributed by atoms with Crippen LogP contribution in [0.25, 0.3) is 0 Å². The van der Waals surface area contributed by atoms with Gasteiger partial charge in [0, 0.05) is 32.0 Å². The molecule has 9 nitrogen and oxygen atoms in total. The third-order valence-electron chi connectivity index (χ3n) is 5.80. The van der Waals surface area contributed by atoms with E-state index in [1.807, 2.05) is 29.3 Å². The molecule has 0 radical (unpaired) electrons. The summed E-state index contributed by atoms with van der Waals surface area (Å²) >= 11 is 0. The predicted molar refractivity (Wildman–Crippen MR) is 109 cm³/mol. The minimum Gasteiger partial charge on any atom is -0.488 e. The molecule has 0 aliphatic carbocycles. The maximum atomic E-state index is 6.30. The molecule has 2 aromatic heterocycles. The Bertz CT molecular complexity index is 912. The van der Waals surface area contributed by atoms with E-state index in [0.29, 0.717) is 6.54 Å². The van der Waals surface area contributed by atoms with E-state index >= 15 is 0 Å². The Balaban J connectivity index is 1.30. The fraction of sp³-hybridized carbons (Fsp3) is 0.524. The average Bonchev–Trinajstić information content (AvgIpc) is 3.56. The van der Waals surface area contributed by atoms with Crippen LogP contribution in [0.3, 0.4) is 0 Å². The van der Waals surface area contributed by atoms with Crippen LogP contribution in [-0.2, 0) is 24.2 Å². The zero-order valence-corrected chi connectivity index (χ0v) is 16.9. The summed E-state index contributed by atoms with van der Waals surface area (Å²) in [5.41, 5.74) is 1.23. The van der Waals surface area contributed by atoms with Gasteiger partial charge in [0.2, 0.25) is 0 Å². The molecule has 1 fully saturated rings. The first-order valence-electron chi connectivity index (χ1n) is 10.7. The van der Waals surface area contributed by atoms with Crippen molar-refractivity contribution < 1.29 is 9.47 Å². The Morgan fingerprint density at radius 3 is 3.07 bits per heavy atom. The van der Waals surface area contributed by atoms with Crippen LogP contribution < -0.4 is 10.1 Å². The van der Waals surface area contributed by atoms with Crippen LogP contribution in [0.15, 0.2) is 43.0 Å². The van der Waals surface area contributed by atoms with Gasteiger partial charge >= 0.3 is 0 Å². The second-order valence-electron chi connectivity index (χ2n) is 7.91. The Morgan fingerprint density at radius 1 is 1.27 bits per heavy atom. The van der Waals surface area contributed by atoms with E-state index in [1.165, 1.54) is 5.56 Å². The van der Waals surface area contributed by atoms with Gasteiger partial charge in [0.1, 0.15) is 17.9 Å². The fourth-order valence-electron chi connectivity index (χ4n) is 4.27. The zero-order chi connectivity index (χ0) is 20.2. The number of tetrazole rings is 1. The van der Waals surface area contributed by atoms with Crippen molar-refractivity contribution in [3.05, 3.63) is 54.4 Å². The number of nitrogens with zero attached hydrogens (tertiary/aromatic N) is 6. The van der Waals surface area contributed by atoms with Crippen LogP contribution in [0.1, 0.15) is 36.7 Å². The minimum absolute atomic E-state index is 0.0510. The highest BCUT2D eigenvalue weighted by Gasteiger charge is 2.35. The van der Waals surface area contributed by atoms with Crippen molar-refractivity contribution in [2.45, 2.75) is 57.0 Å². The molecule has 2 aliphatic heterocycles. The molecule has 0 bridgehead atoms. The van der Waals surface area contributed by atoms with Gasteiger partial charge in [-0.2, -0.15) is 0 Å². The highest BCUT2D eigenvalue weighted by molar-refractivity contribution is 5.38. The smallest absolute Gasteiger partial charge is 0.172 e. The Morgan fingerprint density at radius 2 is 2.23 bits per heavy atom. The number of fused-ring (bicyclic) bond motifs is 1. The van der Waals surface area contributed by atoms with Gasteiger partial charge in [-0.1, -0.05) is 18.2 Å². The quantitative estimate of drug-likeness (QED) is 0.539. The van der Waals surface area contributed by atoms with Crippen LogP contribution in [0.5, 0.6) is 5.75 Å². The molecule has 2 aliphatic rings. The summed E-state index contributed by atoms with van der Waals surface area (Å²) < 4.78 is 16.1. The number of ether oxygens (including phenoxy) is 2. The molecule has 158 valence electrons. The van der Waals surface area contributed by atoms with Crippen molar-refractivity contribution in [3.8, 4) is 5.75 Å². The summed E-state index contributed by atoms with van der Waals surface area (Å²) in [6, 6.07) is 8.12. The SMILES string of the molecule is c1ccc2c(c1)CC(C(NCCCn1ccnc1)c1nnnn1C[C@H]1CCCO1)O2. The molecular weight excluding hydrogens is 382 g/mol. The maximum absolute atomic E-state index is 6.30. The molecule has 30 heavy (non-hydrogen) atoms.